The van der Waals surface area contributed by atoms with Gasteiger partial charge in [0.05, 0.1) is 12.8 Å². The van der Waals surface area contributed by atoms with Gasteiger partial charge >= 0.3 is 0 Å². The van der Waals surface area contributed by atoms with Crippen LogP contribution >= 0.6 is 0 Å². The number of hydrogen-bond donors (Lipinski definition) is 1. The lowest BCUT2D eigenvalue weighted by molar-refractivity contribution is -0.117. The molecule has 0 aliphatic rings. The first-order chi connectivity index (χ1) is 14.4. The van der Waals surface area contributed by atoms with Gasteiger partial charge in [-0.3, -0.25) is 9.59 Å². The molecule has 1 amide bonds. The first-order valence-corrected chi connectivity index (χ1v) is 9.41. The maximum atomic E-state index is 12.8. The molecule has 2 aromatic heterocycles. The van der Waals surface area contributed by atoms with E-state index in [1.807, 2.05) is 32.0 Å². The van der Waals surface area contributed by atoms with Crippen LogP contribution < -0.4 is 15.6 Å². The fourth-order valence-corrected chi connectivity index (χ4v) is 3.21. The third-order valence-corrected chi connectivity index (χ3v) is 4.83. The van der Waals surface area contributed by atoms with Gasteiger partial charge in [0, 0.05) is 11.3 Å². The Labute approximate surface area is 172 Å². The lowest BCUT2D eigenvalue weighted by Crippen LogP contribution is -2.30. The minimum Gasteiger partial charge on any atom is -0.497 e. The zero-order chi connectivity index (χ0) is 21.3. The van der Waals surface area contributed by atoms with Crippen LogP contribution in [0.2, 0.25) is 0 Å². The van der Waals surface area contributed by atoms with Crippen LogP contribution in [0, 0.1) is 13.8 Å². The predicted molar refractivity (Wildman–Crippen MR) is 114 cm³/mol. The summed E-state index contributed by atoms with van der Waals surface area (Å²) in [5, 5.41) is 11.3. The van der Waals surface area contributed by atoms with Crippen molar-refractivity contribution in [1.29, 1.82) is 0 Å². The van der Waals surface area contributed by atoms with E-state index in [0.717, 1.165) is 21.4 Å². The third kappa shape index (κ3) is 3.80. The summed E-state index contributed by atoms with van der Waals surface area (Å²) in [5.74, 6) is 0.338. The van der Waals surface area contributed by atoms with Gasteiger partial charge in [-0.1, -0.05) is 17.7 Å². The molecule has 2 heterocycles. The Kier molecular flexibility index (Phi) is 5.05. The Hall–Kier alpha value is -3.94. The van der Waals surface area contributed by atoms with Gasteiger partial charge in [-0.05, 0) is 55.8 Å². The monoisotopic (exact) mass is 403 g/mol. The minimum absolute atomic E-state index is 0.203. The van der Waals surface area contributed by atoms with Crippen molar-refractivity contribution in [2.45, 2.75) is 20.4 Å². The topological polar surface area (TPSA) is 90.5 Å². The van der Waals surface area contributed by atoms with Gasteiger partial charge in [0.15, 0.2) is 0 Å². The smallest absolute Gasteiger partial charge is 0.293 e. The maximum Gasteiger partial charge on any atom is 0.293 e. The first-order valence-electron chi connectivity index (χ1n) is 9.41. The second kappa shape index (κ2) is 7.82. The Balaban J connectivity index is 1.59. The number of amides is 1. The Morgan fingerprint density at radius 1 is 1.10 bits per heavy atom. The molecule has 0 atom stereocenters. The number of carbonyl (C=O) groups excluding carboxylic acids is 1. The van der Waals surface area contributed by atoms with E-state index in [1.54, 1.807) is 37.4 Å². The van der Waals surface area contributed by atoms with Crippen molar-refractivity contribution in [2.75, 3.05) is 12.4 Å². The van der Waals surface area contributed by atoms with Crippen molar-refractivity contribution in [3.05, 3.63) is 76.3 Å². The summed E-state index contributed by atoms with van der Waals surface area (Å²) in [6, 6.07) is 14.8. The Bertz CT molecular complexity index is 1290. The predicted octanol–water partition coefficient (Wildman–Crippen LogP) is 2.82. The molecule has 8 heteroatoms. The van der Waals surface area contributed by atoms with Gasteiger partial charge in [-0.2, -0.15) is 10.2 Å². The SMILES string of the molecule is COc1ccc(NC(=O)Cn2ncn3nc(-c4cc(C)ccc4C)cc3c2=O)cc1. The summed E-state index contributed by atoms with van der Waals surface area (Å²) >= 11 is 0. The van der Waals surface area contributed by atoms with Crippen LogP contribution in [-0.2, 0) is 11.3 Å². The average molecular weight is 403 g/mol. The van der Waals surface area contributed by atoms with Gasteiger partial charge < -0.3 is 10.1 Å². The summed E-state index contributed by atoms with van der Waals surface area (Å²) in [5.41, 5.74) is 4.41. The molecule has 4 rings (SSSR count). The molecule has 0 saturated heterocycles. The molecular weight excluding hydrogens is 382 g/mol. The normalized spacial score (nSPS) is 10.9. The molecule has 0 unspecified atom stereocenters. The molecule has 30 heavy (non-hydrogen) atoms. The highest BCUT2D eigenvalue weighted by Crippen LogP contribution is 2.23. The maximum absolute atomic E-state index is 12.8. The van der Waals surface area contributed by atoms with Crippen LogP contribution in [0.5, 0.6) is 5.75 Å². The van der Waals surface area contributed by atoms with Crippen molar-refractivity contribution in [3.8, 4) is 17.0 Å². The number of rotatable bonds is 5. The van der Waals surface area contributed by atoms with Crippen molar-refractivity contribution < 1.29 is 9.53 Å². The zero-order valence-corrected chi connectivity index (χ0v) is 16.9. The van der Waals surface area contributed by atoms with Gasteiger partial charge in [0.1, 0.15) is 24.1 Å². The lowest BCUT2D eigenvalue weighted by atomic mass is 10.0. The van der Waals surface area contributed by atoms with Gasteiger partial charge in [0.25, 0.3) is 5.56 Å². The molecule has 0 radical (unpaired) electrons. The van der Waals surface area contributed by atoms with Crippen molar-refractivity contribution >= 4 is 17.1 Å². The standard InChI is InChI=1S/C22H21N5O3/c1-14-4-5-15(2)18(10-14)19-11-20-22(29)26(23-13-27(20)25-19)12-21(28)24-16-6-8-17(30-3)9-7-16/h4-11,13H,12H2,1-3H3,(H,24,28). The fraction of sp³-hybridized carbons (Fsp3) is 0.182. The van der Waals surface area contributed by atoms with Gasteiger partial charge in [-0.25, -0.2) is 9.20 Å². The molecule has 0 saturated carbocycles. The number of ether oxygens (including phenoxy) is 1. The van der Waals surface area contributed by atoms with Gasteiger partial charge in [-0.15, -0.1) is 0 Å². The number of nitrogens with one attached hydrogen (secondary N) is 1. The molecular formula is C22H21N5O3. The molecule has 4 aromatic rings. The average Bonchev–Trinajstić information content (AvgIpc) is 3.17. The minimum atomic E-state index is -0.383. The summed E-state index contributed by atoms with van der Waals surface area (Å²) in [7, 11) is 1.57. The van der Waals surface area contributed by atoms with E-state index in [1.165, 1.54) is 10.8 Å². The van der Waals surface area contributed by atoms with Crippen LogP contribution in [0.1, 0.15) is 11.1 Å². The summed E-state index contributed by atoms with van der Waals surface area (Å²) < 4.78 is 7.67. The van der Waals surface area contributed by atoms with Crippen LogP contribution in [0.3, 0.4) is 0 Å². The van der Waals surface area contributed by atoms with E-state index in [9.17, 15) is 9.59 Å². The molecule has 0 fully saturated rings. The highest BCUT2D eigenvalue weighted by Gasteiger charge is 2.13. The highest BCUT2D eigenvalue weighted by molar-refractivity contribution is 5.90. The van der Waals surface area contributed by atoms with E-state index in [2.05, 4.69) is 15.5 Å². The third-order valence-electron chi connectivity index (χ3n) is 4.83. The van der Waals surface area contributed by atoms with Crippen molar-refractivity contribution in [2.24, 2.45) is 0 Å². The summed E-state index contributed by atoms with van der Waals surface area (Å²) in [4.78, 5) is 25.2. The molecule has 2 aromatic carbocycles. The highest BCUT2D eigenvalue weighted by atomic mass is 16.5. The molecule has 152 valence electrons. The van der Waals surface area contributed by atoms with E-state index in [0.29, 0.717) is 22.6 Å². The zero-order valence-electron chi connectivity index (χ0n) is 16.9. The quantitative estimate of drug-likeness (QED) is 0.553. The van der Waals surface area contributed by atoms with Crippen LogP contribution in [0.25, 0.3) is 16.8 Å². The lowest BCUT2D eigenvalue weighted by Gasteiger charge is -2.07. The molecule has 0 aliphatic heterocycles. The molecule has 8 nitrogen and oxygen atoms in total. The van der Waals surface area contributed by atoms with Crippen LogP contribution in [0.4, 0.5) is 5.69 Å². The number of methoxy groups -OCH3 is 1. The number of aromatic nitrogens is 4. The first kappa shape index (κ1) is 19.4. The number of carbonyl (C=O) groups is 1. The number of benzene rings is 2. The largest absolute Gasteiger partial charge is 0.497 e. The van der Waals surface area contributed by atoms with E-state index in [-0.39, 0.29) is 18.0 Å². The number of aryl methyl sites for hydroxylation is 2. The molecule has 0 spiro atoms. The number of hydrogen-bond acceptors (Lipinski definition) is 5. The number of anilines is 1. The summed E-state index contributed by atoms with van der Waals surface area (Å²) in [6.45, 7) is 3.80. The summed E-state index contributed by atoms with van der Waals surface area (Å²) in [6.07, 6.45) is 1.44. The van der Waals surface area contributed by atoms with Crippen LogP contribution in [0.15, 0.2) is 59.7 Å². The van der Waals surface area contributed by atoms with Crippen LogP contribution in [-0.4, -0.2) is 32.4 Å². The Morgan fingerprint density at radius 3 is 2.60 bits per heavy atom. The molecule has 0 bridgehead atoms. The fourth-order valence-electron chi connectivity index (χ4n) is 3.21. The van der Waals surface area contributed by atoms with Crippen molar-refractivity contribution in [3.63, 3.8) is 0 Å². The Morgan fingerprint density at radius 2 is 1.87 bits per heavy atom. The molecule has 1 N–H and O–H groups in total. The van der Waals surface area contributed by atoms with Gasteiger partial charge in [0.2, 0.25) is 5.91 Å². The van der Waals surface area contributed by atoms with E-state index < -0.39 is 0 Å². The second-order valence-electron chi connectivity index (χ2n) is 7.05. The number of fused-ring (bicyclic) bond motifs is 1. The van der Waals surface area contributed by atoms with E-state index >= 15 is 0 Å². The second-order valence-corrected chi connectivity index (χ2v) is 7.05. The van der Waals surface area contributed by atoms with Crippen molar-refractivity contribution in [1.82, 2.24) is 19.4 Å². The molecule has 0 aliphatic carbocycles. The van der Waals surface area contributed by atoms with E-state index in [4.69, 9.17) is 4.74 Å². The number of nitrogens with zero attached hydrogens (tertiary/aromatic N) is 4.